The van der Waals surface area contributed by atoms with Gasteiger partial charge in [0.25, 0.3) is 5.91 Å². The third-order valence-corrected chi connectivity index (χ3v) is 9.12. The van der Waals surface area contributed by atoms with Crippen molar-refractivity contribution >= 4 is 23.8 Å². The third kappa shape index (κ3) is 6.53. The van der Waals surface area contributed by atoms with Gasteiger partial charge in [-0.2, -0.15) is 0 Å². The van der Waals surface area contributed by atoms with Crippen LogP contribution in [0.25, 0.3) is 0 Å². The van der Waals surface area contributed by atoms with E-state index < -0.39 is 11.9 Å². The average Bonchev–Trinajstić information content (AvgIpc) is 3.59. The first-order valence-electron chi connectivity index (χ1n) is 14.8. The van der Waals surface area contributed by atoms with Gasteiger partial charge in [0.15, 0.2) is 0 Å². The second-order valence-corrected chi connectivity index (χ2v) is 11.6. The molecule has 0 unspecified atom stereocenters. The van der Waals surface area contributed by atoms with Crippen LogP contribution in [0.4, 0.5) is 0 Å². The average molecular weight is 591 g/mol. The summed E-state index contributed by atoms with van der Waals surface area (Å²) < 4.78 is 0. The van der Waals surface area contributed by atoms with Gasteiger partial charge in [0.05, 0.1) is 12.1 Å². The predicted octanol–water partition coefficient (Wildman–Crippen LogP) is 3.90. The maximum Gasteiger partial charge on any atom is 0.303 e. The van der Waals surface area contributed by atoms with Crippen molar-refractivity contribution in [2.75, 3.05) is 0 Å². The number of aliphatic carboxylic acids is 2. The molecule has 2 aliphatic heterocycles. The molecular formula is C33H42N4O6. The molecule has 43 heavy (non-hydrogen) atoms. The molecule has 0 saturated heterocycles. The van der Waals surface area contributed by atoms with Gasteiger partial charge < -0.3 is 30.8 Å². The Morgan fingerprint density at radius 1 is 0.791 bits per heavy atom. The Hall–Kier alpha value is -4.34. The molecule has 0 spiro atoms. The van der Waals surface area contributed by atoms with Crippen molar-refractivity contribution in [2.24, 2.45) is 0 Å². The summed E-state index contributed by atoms with van der Waals surface area (Å²) in [4.78, 5) is 54.9. The van der Waals surface area contributed by atoms with Crippen molar-refractivity contribution in [1.29, 1.82) is 0 Å². The standard InChI is InChI=1S/C33H42N4O6/c1-7-20-19(6)32(42)37-27(20)14-25-18(5)23(10-12-31(40)41)29(35-25)15-28-22(9-11-30(38)39)17(4)24(34-28)13-26-16(3)21(8-2)33(43)36-26/h8,26-27,34-35H,2,7,9-15H2,1,3-6H3,(H,36,43)(H,37,42)(H,38,39)(H,40,41)/t26-,27-/m1/s1. The summed E-state index contributed by atoms with van der Waals surface area (Å²) >= 11 is 0. The van der Waals surface area contributed by atoms with Crippen LogP contribution in [-0.4, -0.2) is 56.0 Å². The van der Waals surface area contributed by atoms with E-state index in [1.807, 2.05) is 34.6 Å². The SMILES string of the molecule is C=CC1=C(C)[C@@H](Cc2[nH]c(Cc3[nH]c(C[C@H]4NC(=O)C(C)=C4CC)c(C)c3CCC(=O)O)c(CCC(=O)O)c2C)NC1=O. The molecule has 4 rings (SSSR count). The van der Waals surface area contributed by atoms with Crippen molar-refractivity contribution in [3.05, 3.63) is 80.0 Å². The van der Waals surface area contributed by atoms with Crippen LogP contribution < -0.4 is 10.6 Å². The molecule has 0 bridgehead atoms. The van der Waals surface area contributed by atoms with Crippen molar-refractivity contribution < 1.29 is 29.4 Å². The molecule has 4 heterocycles. The molecule has 6 N–H and O–H groups in total. The maximum absolute atomic E-state index is 12.4. The number of H-pyrrole nitrogens is 2. The van der Waals surface area contributed by atoms with Crippen LogP contribution in [0.1, 0.15) is 85.1 Å². The van der Waals surface area contributed by atoms with E-state index in [2.05, 4.69) is 27.2 Å². The van der Waals surface area contributed by atoms with Crippen LogP contribution in [0.2, 0.25) is 0 Å². The molecule has 2 aliphatic rings. The summed E-state index contributed by atoms with van der Waals surface area (Å²) in [6.45, 7) is 13.5. The maximum atomic E-state index is 12.4. The number of carboxylic acids is 2. The Bertz CT molecular complexity index is 1480. The second kappa shape index (κ2) is 12.9. The number of aromatic nitrogens is 2. The molecule has 0 aromatic carbocycles. The van der Waals surface area contributed by atoms with E-state index in [1.54, 1.807) is 6.08 Å². The molecule has 2 amide bonds. The first-order valence-corrected chi connectivity index (χ1v) is 14.8. The Morgan fingerprint density at radius 3 is 1.72 bits per heavy atom. The van der Waals surface area contributed by atoms with Crippen molar-refractivity contribution in [2.45, 2.75) is 98.1 Å². The van der Waals surface area contributed by atoms with Crippen molar-refractivity contribution in [3.8, 4) is 0 Å². The second-order valence-electron chi connectivity index (χ2n) is 11.6. The van der Waals surface area contributed by atoms with E-state index in [0.29, 0.717) is 37.7 Å². The molecule has 10 heteroatoms. The highest BCUT2D eigenvalue weighted by atomic mass is 16.4. The Morgan fingerprint density at radius 2 is 1.28 bits per heavy atom. The number of carbonyl (C=O) groups excluding carboxylic acids is 2. The lowest BCUT2D eigenvalue weighted by Gasteiger charge is -2.14. The Labute approximate surface area is 251 Å². The summed E-state index contributed by atoms with van der Waals surface area (Å²) in [5, 5.41) is 25.0. The van der Waals surface area contributed by atoms with Gasteiger partial charge in [-0.15, -0.1) is 0 Å². The molecular weight excluding hydrogens is 548 g/mol. The molecule has 230 valence electrons. The molecule has 10 nitrogen and oxygen atoms in total. The van der Waals surface area contributed by atoms with Crippen LogP contribution in [0.15, 0.2) is 34.9 Å². The van der Waals surface area contributed by atoms with Crippen LogP contribution in [0, 0.1) is 13.8 Å². The van der Waals surface area contributed by atoms with Crippen molar-refractivity contribution in [3.63, 3.8) is 0 Å². The predicted molar refractivity (Wildman–Crippen MR) is 163 cm³/mol. The fraction of sp³-hybridized carbons (Fsp3) is 0.455. The van der Waals surface area contributed by atoms with Gasteiger partial charge in [-0.1, -0.05) is 19.6 Å². The molecule has 0 radical (unpaired) electrons. The number of carboxylic acid groups (broad SMARTS) is 2. The Balaban J connectivity index is 1.70. The van der Waals surface area contributed by atoms with E-state index in [-0.39, 0.29) is 36.7 Å². The summed E-state index contributed by atoms with van der Waals surface area (Å²) in [6.07, 6.45) is 4.48. The number of amides is 2. The molecule has 2 aromatic heterocycles. The number of carbonyl (C=O) groups is 4. The number of hydrogen-bond donors (Lipinski definition) is 6. The lowest BCUT2D eigenvalue weighted by atomic mass is 9.95. The quantitative estimate of drug-likeness (QED) is 0.195. The number of aromatic amines is 2. The highest BCUT2D eigenvalue weighted by Gasteiger charge is 2.31. The lowest BCUT2D eigenvalue weighted by Crippen LogP contribution is -2.31. The van der Waals surface area contributed by atoms with E-state index in [0.717, 1.165) is 68.2 Å². The topological polar surface area (TPSA) is 164 Å². The van der Waals surface area contributed by atoms with Crippen LogP contribution in [0.3, 0.4) is 0 Å². The van der Waals surface area contributed by atoms with Crippen molar-refractivity contribution in [1.82, 2.24) is 20.6 Å². The van der Waals surface area contributed by atoms with Gasteiger partial charge in [-0.05, 0) is 80.4 Å². The summed E-state index contributed by atoms with van der Waals surface area (Å²) in [5.41, 5.74) is 10.7. The fourth-order valence-electron chi connectivity index (χ4n) is 6.57. The highest BCUT2D eigenvalue weighted by Crippen LogP contribution is 2.31. The zero-order valence-electron chi connectivity index (χ0n) is 25.6. The minimum atomic E-state index is -0.889. The zero-order chi connectivity index (χ0) is 31.6. The minimum absolute atomic E-state index is 0.0238. The molecule has 0 aliphatic carbocycles. The first kappa shape index (κ1) is 31.6. The molecule has 2 atom stereocenters. The van der Waals surface area contributed by atoms with Gasteiger partial charge >= 0.3 is 11.9 Å². The first-order chi connectivity index (χ1) is 20.4. The molecule has 0 saturated carbocycles. The fourth-order valence-corrected chi connectivity index (χ4v) is 6.57. The van der Waals surface area contributed by atoms with Gasteiger partial charge in [0.2, 0.25) is 5.91 Å². The van der Waals surface area contributed by atoms with Gasteiger partial charge in [-0.3, -0.25) is 19.2 Å². The third-order valence-electron chi connectivity index (χ3n) is 9.12. The van der Waals surface area contributed by atoms with E-state index >= 15 is 0 Å². The number of hydrogen-bond acceptors (Lipinski definition) is 4. The van der Waals surface area contributed by atoms with Crippen LogP contribution in [0.5, 0.6) is 0 Å². The number of rotatable bonds is 14. The summed E-state index contributed by atoms with van der Waals surface area (Å²) in [6, 6.07) is -0.326. The molecule has 2 aromatic rings. The largest absolute Gasteiger partial charge is 0.481 e. The van der Waals surface area contributed by atoms with Gasteiger partial charge in [0.1, 0.15) is 0 Å². The minimum Gasteiger partial charge on any atom is -0.481 e. The molecule has 0 fully saturated rings. The van der Waals surface area contributed by atoms with Crippen LogP contribution in [-0.2, 0) is 51.3 Å². The monoisotopic (exact) mass is 590 g/mol. The normalized spacial score (nSPS) is 18.4. The van der Waals surface area contributed by atoms with E-state index in [9.17, 15) is 29.4 Å². The summed E-state index contributed by atoms with van der Waals surface area (Å²) in [7, 11) is 0. The Kier molecular flexibility index (Phi) is 9.47. The highest BCUT2D eigenvalue weighted by molar-refractivity contribution is 6.00. The van der Waals surface area contributed by atoms with E-state index in [1.165, 1.54) is 0 Å². The zero-order valence-corrected chi connectivity index (χ0v) is 25.6. The van der Waals surface area contributed by atoms with E-state index in [4.69, 9.17) is 0 Å². The smallest absolute Gasteiger partial charge is 0.303 e. The van der Waals surface area contributed by atoms with Crippen LogP contribution >= 0.6 is 0 Å². The summed E-state index contributed by atoms with van der Waals surface area (Å²) in [5.74, 6) is -1.98. The number of nitrogens with one attached hydrogen (secondary N) is 4. The van der Waals surface area contributed by atoms with Gasteiger partial charge in [-0.25, -0.2) is 0 Å². The van der Waals surface area contributed by atoms with Gasteiger partial charge in [0, 0.05) is 66.0 Å². The lowest BCUT2D eigenvalue weighted by molar-refractivity contribution is -0.138.